The van der Waals surface area contributed by atoms with Gasteiger partial charge in [-0.05, 0) is 18.6 Å². The number of hydrogen-bond acceptors (Lipinski definition) is 4. The fourth-order valence-electron chi connectivity index (χ4n) is 2.31. The van der Waals surface area contributed by atoms with E-state index < -0.39 is 0 Å². The molecule has 0 aliphatic heterocycles. The Labute approximate surface area is 145 Å². The Morgan fingerprint density at radius 2 is 1.96 bits per heavy atom. The fourth-order valence-corrected chi connectivity index (χ4v) is 2.31. The van der Waals surface area contributed by atoms with Gasteiger partial charge in [-0.15, -0.1) is 0 Å². The number of carbonyl (C=O) groups excluding carboxylic acids is 2. The van der Waals surface area contributed by atoms with Crippen LogP contribution in [0, 0.1) is 0 Å². The highest BCUT2D eigenvalue weighted by Crippen LogP contribution is 2.27. The first-order chi connectivity index (χ1) is 12.0. The number of nitrogens with one attached hydrogen (secondary N) is 3. The van der Waals surface area contributed by atoms with E-state index in [1.165, 1.54) is 25.4 Å². The van der Waals surface area contributed by atoms with Crippen molar-refractivity contribution in [1.29, 1.82) is 0 Å². The number of carbonyl (C=O) groups is 2. The zero-order valence-corrected chi connectivity index (χ0v) is 14.2. The van der Waals surface area contributed by atoms with Crippen molar-refractivity contribution >= 4 is 11.8 Å². The quantitative estimate of drug-likeness (QED) is 0.707. The predicted molar refractivity (Wildman–Crippen MR) is 93.6 cm³/mol. The van der Waals surface area contributed by atoms with E-state index in [0.717, 1.165) is 5.56 Å². The van der Waals surface area contributed by atoms with E-state index in [4.69, 9.17) is 4.74 Å². The van der Waals surface area contributed by atoms with Crippen LogP contribution < -0.4 is 20.9 Å². The van der Waals surface area contributed by atoms with Gasteiger partial charge in [0.1, 0.15) is 5.75 Å². The second-order valence-electron chi connectivity index (χ2n) is 5.38. The number of pyridine rings is 1. The lowest BCUT2D eigenvalue weighted by atomic mass is 10.0. The molecule has 7 nitrogen and oxygen atoms in total. The van der Waals surface area contributed by atoms with Gasteiger partial charge in [-0.3, -0.25) is 14.4 Å². The van der Waals surface area contributed by atoms with Gasteiger partial charge in [-0.25, -0.2) is 0 Å². The van der Waals surface area contributed by atoms with Crippen LogP contribution in [0.25, 0.3) is 0 Å². The van der Waals surface area contributed by atoms with Crippen molar-refractivity contribution in [2.75, 3.05) is 13.7 Å². The molecule has 0 aliphatic carbocycles. The van der Waals surface area contributed by atoms with Gasteiger partial charge in [-0.2, -0.15) is 0 Å². The molecule has 1 aromatic heterocycles. The maximum Gasteiger partial charge on any atom is 0.257 e. The standard InChI is InChI=1S/C18H21N3O4/c1-3-14(21-18(24)12-8-9-16(22)20-10-12)13-6-4-5-7-15(13)25-11-17(23)19-2/h4-10,14H,3,11H2,1-2H3,(H,19,23)(H,20,22)(H,21,24)/t14-/m1/s1. The topological polar surface area (TPSA) is 100 Å². The molecule has 0 saturated carbocycles. The minimum absolute atomic E-state index is 0.0994. The van der Waals surface area contributed by atoms with Crippen LogP contribution in [-0.4, -0.2) is 30.5 Å². The van der Waals surface area contributed by atoms with Crippen molar-refractivity contribution < 1.29 is 14.3 Å². The Morgan fingerprint density at radius 1 is 1.20 bits per heavy atom. The van der Waals surface area contributed by atoms with Crippen molar-refractivity contribution in [3.05, 3.63) is 64.1 Å². The van der Waals surface area contributed by atoms with Gasteiger partial charge in [0, 0.05) is 24.9 Å². The number of rotatable bonds is 7. The summed E-state index contributed by atoms with van der Waals surface area (Å²) in [5.74, 6) is 0.00375. The fraction of sp³-hybridized carbons (Fsp3) is 0.278. The summed E-state index contributed by atoms with van der Waals surface area (Å²) in [4.78, 5) is 37.4. The third kappa shape index (κ3) is 4.94. The lowest BCUT2D eigenvalue weighted by molar-refractivity contribution is -0.122. The predicted octanol–water partition coefficient (Wildman–Crippen LogP) is 1.38. The molecule has 0 spiro atoms. The molecule has 0 fully saturated rings. The summed E-state index contributed by atoms with van der Waals surface area (Å²) < 4.78 is 5.56. The van der Waals surface area contributed by atoms with Crippen molar-refractivity contribution in [1.82, 2.24) is 15.6 Å². The molecular weight excluding hydrogens is 322 g/mol. The Balaban J connectivity index is 2.16. The summed E-state index contributed by atoms with van der Waals surface area (Å²) in [7, 11) is 1.54. The molecule has 3 N–H and O–H groups in total. The molecule has 7 heteroatoms. The third-order valence-corrected chi connectivity index (χ3v) is 3.69. The summed E-state index contributed by atoms with van der Waals surface area (Å²) in [6.45, 7) is 1.84. The lowest BCUT2D eigenvalue weighted by Gasteiger charge is -2.20. The highest BCUT2D eigenvalue weighted by molar-refractivity contribution is 5.94. The number of aromatic amines is 1. The number of ether oxygens (including phenoxy) is 1. The van der Waals surface area contributed by atoms with Crippen molar-refractivity contribution in [3.8, 4) is 5.75 Å². The highest BCUT2D eigenvalue weighted by atomic mass is 16.5. The van der Waals surface area contributed by atoms with E-state index in [1.807, 2.05) is 19.1 Å². The van der Waals surface area contributed by atoms with Crippen molar-refractivity contribution in [3.63, 3.8) is 0 Å². The molecule has 2 rings (SSSR count). The molecule has 0 unspecified atom stereocenters. The number of H-pyrrole nitrogens is 1. The highest BCUT2D eigenvalue weighted by Gasteiger charge is 2.18. The van der Waals surface area contributed by atoms with Gasteiger partial charge in [-0.1, -0.05) is 25.1 Å². The summed E-state index contributed by atoms with van der Waals surface area (Å²) in [5.41, 5.74) is 0.880. The van der Waals surface area contributed by atoms with Crippen LogP contribution >= 0.6 is 0 Å². The Bertz CT molecular complexity index is 780. The Morgan fingerprint density at radius 3 is 2.60 bits per heavy atom. The number of amides is 2. The van der Waals surface area contributed by atoms with Crippen molar-refractivity contribution in [2.45, 2.75) is 19.4 Å². The van der Waals surface area contributed by atoms with Crippen LogP contribution in [0.4, 0.5) is 0 Å². The molecule has 1 aromatic carbocycles. The summed E-state index contributed by atoms with van der Waals surface area (Å²) >= 11 is 0. The molecule has 0 aliphatic rings. The van der Waals surface area contributed by atoms with Gasteiger partial charge in [0.05, 0.1) is 11.6 Å². The minimum Gasteiger partial charge on any atom is -0.483 e. The lowest BCUT2D eigenvalue weighted by Crippen LogP contribution is -2.29. The van der Waals surface area contributed by atoms with E-state index >= 15 is 0 Å². The average Bonchev–Trinajstić information content (AvgIpc) is 2.64. The summed E-state index contributed by atoms with van der Waals surface area (Å²) in [5, 5.41) is 5.41. The first-order valence-electron chi connectivity index (χ1n) is 7.97. The number of aromatic nitrogens is 1. The first-order valence-corrected chi connectivity index (χ1v) is 7.97. The van der Waals surface area contributed by atoms with E-state index in [-0.39, 0.29) is 30.0 Å². The normalized spacial score (nSPS) is 11.4. The molecule has 2 aromatic rings. The smallest absolute Gasteiger partial charge is 0.257 e. The number of para-hydroxylation sites is 1. The van der Waals surface area contributed by atoms with Gasteiger partial charge >= 0.3 is 0 Å². The Hall–Kier alpha value is -3.09. The molecule has 1 heterocycles. The molecule has 132 valence electrons. The van der Waals surface area contributed by atoms with Gasteiger partial charge < -0.3 is 20.4 Å². The molecule has 0 bridgehead atoms. The van der Waals surface area contributed by atoms with E-state index in [1.54, 1.807) is 12.1 Å². The molecule has 25 heavy (non-hydrogen) atoms. The monoisotopic (exact) mass is 343 g/mol. The van der Waals surface area contributed by atoms with Crippen LogP contribution in [0.5, 0.6) is 5.75 Å². The van der Waals surface area contributed by atoms with E-state index in [9.17, 15) is 14.4 Å². The molecule has 0 radical (unpaired) electrons. The third-order valence-electron chi connectivity index (χ3n) is 3.69. The molecular formula is C18H21N3O4. The summed E-state index contributed by atoms with van der Waals surface area (Å²) in [6.07, 6.45) is 2.01. The van der Waals surface area contributed by atoms with Crippen LogP contribution in [0.15, 0.2) is 47.4 Å². The second-order valence-corrected chi connectivity index (χ2v) is 5.38. The average molecular weight is 343 g/mol. The van der Waals surface area contributed by atoms with Crippen LogP contribution in [0.2, 0.25) is 0 Å². The SMILES string of the molecule is CC[C@@H](NC(=O)c1ccc(=O)[nH]c1)c1ccccc1OCC(=O)NC. The minimum atomic E-state index is -0.302. The van der Waals surface area contributed by atoms with E-state index in [2.05, 4.69) is 15.6 Å². The maximum atomic E-state index is 12.4. The van der Waals surface area contributed by atoms with Gasteiger partial charge in [0.25, 0.3) is 11.8 Å². The van der Waals surface area contributed by atoms with Crippen LogP contribution in [-0.2, 0) is 4.79 Å². The van der Waals surface area contributed by atoms with E-state index in [0.29, 0.717) is 17.7 Å². The molecule has 2 amide bonds. The first kappa shape index (κ1) is 18.3. The van der Waals surface area contributed by atoms with Crippen molar-refractivity contribution in [2.24, 2.45) is 0 Å². The number of hydrogen-bond donors (Lipinski definition) is 3. The largest absolute Gasteiger partial charge is 0.483 e. The zero-order chi connectivity index (χ0) is 18.2. The number of likely N-dealkylation sites (N-methyl/N-ethyl adjacent to an activating group) is 1. The maximum absolute atomic E-state index is 12.4. The van der Waals surface area contributed by atoms with Crippen LogP contribution in [0.1, 0.15) is 35.3 Å². The molecule has 1 atom stereocenters. The second kappa shape index (κ2) is 8.68. The number of benzene rings is 1. The zero-order valence-electron chi connectivity index (χ0n) is 14.2. The Kier molecular flexibility index (Phi) is 6.33. The van der Waals surface area contributed by atoms with Gasteiger partial charge in [0.2, 0.25) is 5.56 Å². The molecule has 0 saturated heterocycles. The van der Waals surface area contributed by atoms with Crippen LogP contribution in [0.3, 0.4) is 0 Å². The summed E-state index contributed by atoms with van der Waals surface area (Å²) in [6, 6.07) is 9.73. The van der Waals surface area contributed by atoms with Gasteiger partial charge in [0.15, 0.2) is 6.61 Å².